The number of aromatic nitrogens is 4. The zero-order chi connectivity index (χ0) is 22.0. The summed E-state index contributed by atoms with van der Waals surface area (Å²) in [4.78, 5) is 25.0. The lowest BCUT2D eigenvalue weighted by molar-refractivity contribution is 0.0841. The Morgan fingerprint density at radius 1 is 1.35 bits per heavy atom. The van der Waals surface area contributed by atoms with Gasteiger partial charge in [-0.1, -0.05) is 5.16 Å². The molecule has 0 saturated carbocycles. The maximum absolute atomic E-state index is 10.7. The van der Waals surface area contributed by atoms with Gasteiger partial charge in [0.25, 0.3) is 0 Å². The predicted octanol–water partition coefficient (Wildman–Crippen LogP) is 2.27. The molecule has 1 aliphatic rings. The molecule has 4 rings (SSSR count). The van der Waals surface area contributed by atoms with Gasteiger partial charge in [0.1, 0.15) is 6.07 Å². The molecule has 11 heteroatoms. The molecule has 0 spiro atoms. The molecule has 0 bridgehead atoms. The van der Waals surface area contributed by atoms with E-state index in [4.69, 9.17) is 15.2 Å². The molecule has 1 unspecified atom stereocenters. The van der Waals surface area contributed by atoms with E-state index in [1.54, 1.807) is 23.1 Å². The number of hydrogen-bond acceptors (Lipinski definition) is 8. The average molecular weight is 420 g/mol. The molecule has 1 aliphatic heterocycles. The van der Waals surface area contributed by atoms with Gasteiger partial charge in [-0.25, -0.2) is 14.8 Å². The Kier molecular flexibility index (Phi) is 5.36. The molecule has 0 fully saturated rings. The highest BCUT2D eigenvalue weighted by atomic mass is 16.6. The number of carboxylic acid groups (broad SMARTS) is 1. The largest absolute Gasteiger partial charge is 0.465 e. The van der Waals surface area contributed by atoms with Gasteiger partial charge in [0.15, 0.2) is 17.6 Å². The maximum atomic E-state index is 10.7. The van der Waals surface area contributed by atoms with Crippen LogP contribution < -0.4 is 10.6 Å². The van der Waals surface area contributed by atoms with Crippen LogP contribution >= 0.6 is 0 Å². The number of nitrogens with zero attached hydrogens (tertiary/aromatic N) is 6. The van der Waals surface area contributed by atoms with E-state index < -0.39 is 6.09 Å². The summed E-state index contributed by atoms with van der Waals surface area (Å²) < 4.78 is 1.61. The van der Waals surface area contributed by atoms with Gasteiger partial charge in [-0.15, -0.1) is 0 Å². The van der Waals surface area contributed by atoms with Crippen LogP contribution in [0, 0.1) is 11.3 Å². The number of pyridine rings is 2. The Morgan fingerprint density at radius 3 is 2.94 bits per heavy atom. The Morgan fingerprint density at radius 2 is 2.19 bits per heavy atom. The van der Waals surface area contributed by atoms with Gasteiger partial charge in [-0.3, -0.25) is 0 Å². The molecule has 158 valence electrons. The molecule has 0 radical (unpaired) electrons. The van der Waals surface area contributed by atoms with Gasteiger partial charge < -0.3 is 20.6 Å². The molecular weight excluding hydrogens is 400 g/mol. The zero-order valence-electron chi connectivity index (χ0n) is 16.9. The fourth-order valence-electron chi connectivity index (χ4n) is 3.27. The number of carbonyl (C=O) groups is 1. The van der Waals surface area contributed by atoms with Crippen LogP contribution in [0.1, 0.15) is 31.4 Å². The number of amides is 1. The van der Waals surface area contributed by atoms with Crippen molar-refractivity contribution in [3.63, 3.8) is 0 Å². The minimum atomic E-state index is -1.10. The highest BCUT2D eigenvalue weighted by molar-refractivity contribution is 6.05. The van der Waals surface area contributed by atoms with Crippen LogP contribution in [-0.4, -0.2) is 55.4 Å². The van der Waals surface area contributed by atoms with Crippen molar-refractivity contribution in [1.29, 1.82) is 5.26 Å². The number of hydrogen-bond donors (Lipinski definition) is 3. The number of oxime groups is 1. The standard InChI is InChI=1S/C20H20N8O3/c1-11(2)26-16-5-18(28-19-13(8-25-28)3-12(6-21)7-23-19)22-10-15(16)17-4-14(31-27-17)9-24-20(29)30/h3,5,7-8,10-11,14,24H,4,9H2,1-2H3,(H,22,26)(H,29,30). The van der Waals surface area contributed by atoms with Crippen LogP contribution in [-0.2, 0) is 4.84 Å². The van der Waals surface area contributed by atoms with Crippen molar-refractivity contribution >= 4 is 28.5 Å². The molecule has 1 amide bonds. The van der Waals surface area contributed by atoms with Crippen LogP contribution in [0.5, 0.6) is 0 Å². The van der Waals surface area contributed by atoms with Crippen molar-refractivity contribution in [2.75, 3.05) is 11.9 Å². The molecule has 4 heterocycles. The van der Waals surface area contributed by atoms with Gasteiger partial charge in [0.05, 0.1) is 24.0 Å². The third kappa shape index (κ3) is 4.23. The quantitative estimate of drug-likeness (QED) is 0.549. The Balaban J connectivity index is 1.66. The van der Waals surface area contributed by atoms with Crippen LogP contribution in [0.15, 0.2) is 35.9 Å². The Bertz CT molecular complexity index is 1210. The van der Waals surface area contributed by atoms with E-state index in [0.717, 1.165) is 16.6 Å². The van der Waals surface area contributed by atoms with Gasteiger partial charge in [0, 0.05) is 47.6 Å². The van der Waals surface area contributed by atoms with Crippen molar-refractivity contribution < 1.29 is 14.7 Å². The number of nitrogens with one attached hydrogen (secondary N) is 2. The third-order valence-electron chi connectivity index (χ3n) is 4.61. The summed E-state index contributed by atoms with van der Waals surface area (Å²) >= 11 is 0. The van der Waals surface area contributed by atoms with Crippen molar-refractivity contribution in [3.8, 4) is 11.9 Å². The van der Waals surface area contributed by atoms with Crippen molar-refractivity contribution in [2.24, 2.45) is 5.16 Å². The minimum absolute atomic E-state index is 0.145. The fraction of sp³-hybridized carbons (Fsp3) is 0.300. The monoisotopic (exact) mass is 420 g/mol. The molecule has 0 saturated heterocycles. The first-order chi connectivity index (χ1) is 14.9. The summed E-state index contributed by atoms with van der Waals surface area (Å²) in [6.45, 7) is 4.19. The lowest BCUT2D eigenvalue weighted by Crippen LogP contribution is -2.31. The van der Waals surface area contributed by atoms with E-state index in [1.165, 1.54) is 6.20 Å². The summed E-state index contributed by atoms with van der Waals surface area (Å²) in [5.74, 6) is 0.558. The second kappa shape index (κ2) is 8.27. The number of nitriles is 1. The zero-order valence-corrected chi connectivity index (χ0v) is 16.9. The van der Waals surface area contributed by atoms with Crippen LogP contribution in [0.3, 0.4) is 0 Å². The van der Waals surface area contributed by atoms with Crippen molar-refractivity contribution in [2.45, 2.75) is 32.4 Å². The van der Waals surface area contributed by atoms with E-state index in [-0.39, 0.29) is 18.7 Å². The van der Waals surface area contributed by atoms with Crippen LogP contribution in [0.25, 0.3) is 16.9 Å². The second-order valence-electron chi connectivity index (χ2n) is 7.35. The van der Waals surface area contributed by atoms with Gasteiger partial charge in [-0.2, -0.15) is 15.0 Å². The fourth-order valence-corrected chi connectivity index (χ4v) is 3.27. The number of fused-ring (bicyclic) bond motifs is 1. The molecule has 11 nitrogen and oxygen atoms in total. The van der Waals surface area contributed by atoms with Crippen molar-refractivity contribution in [1.82, 2.24) is 25.1 Å². The molecule has 31 heavy (non-hydrogen) atoms. The first kappa shape index (κ1) is 20.1. The van der Waals surface area contributed by atoms with Crippen LogP contribution in [0.4, 0.5) is 10.5 Å². The van der Waals surface area contributed by atoms with E-state index in [9.17, 15) is 4.79 Å². The van der Waals surface area contributed by atoms with Crippen molar-refractivity contribution in [3.05, 3.63) is 41.9 Å². The SMILES string of the molecule is CC(C)Nc1cc(-n2ncc3cc(C#N)cnc32)ncc1C1=NOC(CNC(=O)O)C1. The summed E-state index contributed by atoms with van der Waals surface area (Å²) in [5, 5.41) is 32.8. The van der Waals surface area contributed by atoms with E-state index in [0.29, 0.717) is 29.2 Å². The van der Waals surface area contributed by atoms with E-state index >= 15 is 0 Å². The Hall–Kier alpha value is -4.20. The second-order valence-corrected chi connectivity index (χ2v) is 7.35. The summed E-state index contributed by atoms with van der Waals surface area (Å²) in [7, 11) is 0. The number of anilines is 1. The molecule has 0 aliphatic carbocycles. The van der Waals surface area contributed by atoms with E-state index in [2.05, 4.69) is 36.9 Å². The molecule has 3 N–H and O–H groups in total. The smallest absolute Gasteiger partial charge is 0.404 e. The normalized spacial score (nSPS) is 15.4. The maximum Gasteiger partial charge on any atom is 0.404 e. The third-order valence-corrected chi connectivity index (χ3v) is 4.61. The minimum Gasteiger partial charge on any atom is -0.465 e. The molecule has 3 aromatic heterocycles. The lowest BCUT2D eigenvalue weighted by Gasteiger charge is -2.15. The topological polar surface area (TPSA) is 150 Å². The summed E-state index contributed by atoms with van der Waals surface area (Å²) in [5.41, 5.74) is 3.30. The first-order valence-corrected chi connectivity index (χ1v) is 9.65. The number of rotatable bonds is 6. The highest BCUT2D eigenvalue weighted by Crippen LogP contribution is 2.26. The summed E-state index contributed by atoms with van der Waals surface area (Å²) in [6.07, 6.45) is 3.81. The molecule has 0 aromatic carbocycles. The lowest BCUT2D eigenvalue weighted by atomic mass is 10.0. The van der Waals surface area contributed by atoms with Gasteiger partial charge >= 0.3 is 6.09 Å². The first-order valence-electron chi connectivity index (χ1n) is 9.65. The highest BCUT2D eigenvalue weighted by Gasteiger charge is 2.25. The van der Waals surface area contributed by atoms with Crippen LogP contribution in [0.2, 0.25) is 0 Å². The van der Waals surface area contributed by atoms with Gasteiger partial charge in [-0.05, 0) is 19.9 Å². The summed E-state index contributed by atoms with van der Waals surface area (Å²) in [6, 6.07) is 5.79. The molecule has 3 aromatic rings. The Labute approximate surface area is 177 Å². The van der Waals surface area contributed by atoms with Gasteiger partial charge in [0.2, 0.25) is 0 Å². The van der Waals surface area contributed by atoms with E-state index in [1.807, 2.05) is 19.9 Å². The average Bonchev–Trinajstić information content (AvgIpc) is 3.38. The molecular formula is C20H20N8O3. The molecule has 1 atom stereocenters. The predicted molar refractivity (Wildman–Crippen MR) is 112 cm³/mol.